The van der Waals surface area contributed by atoms with E-state index >= 15 is 0 Å². The van der Waals surface area contributed by atoms with Gasteiger partial charge in [0.25, 0.3) is 0 Å². The van der Waals surface area contributed by atoms with Gasteiger partial charge >= 0.3 is 0 Å². The summed E-state index contributed by atoms with van der Waals surface area (Å²) in [5.41, 5.74) is 8.01. The van der Waals surface area contributed by atoms with Crippen molar-refractivity contribution >= 4 is 33.2 Å². The van der Waals surface area contributed by atoms with Crippen LogP contribution in [0.5, 0.6) is 0 Å². The van der Waals surface area contributed by atoms with Gasteiger partial charge in [0.2, 0.25) is 10.0 Å². The highest BCUT2D eigenvalue weighted by Gasteiger charge is 2.28. The molecule has 0 aliphatic carbocycles. The average molecular weight is 421 g/mol. The van der Waals surface area contributed by atoms with Crippen LogP contribution < -0.4 is 10.5 Å². The Bertz CT molecular complexity index is 1010. The summed E-state index contributed by atoms with van der Waals surface area (Å²) in [5, 5.41) is 0.412. The van der Waals surface area contributed by atoms with E-state index in [0.29, 0.717) is 5.02 Å². The van der Waals surface area contributed by atoms with Crippen molar-refractivity contribution < 1.29 is 8.42 Å². The van der Waals surface area contributed by atoms with Crippen LogP contribution >= 0.6 is 23.2 Å². The molecule has 27 heavy (non-hydrogen) atoms. The molecular formula is C20H18Cl2N2O2S. The quantitative estimate of drug-likeness (QED) is 0.605. The summed E-state index contributed by atoms with van der Waals surface area (Å²) >= 11 is 12.0. The van der Waals surface area contributed by atoms with E-state index in [-0.39, 0.29) is 9.92 Å². The molecule has 0 heterocycles. The third-order valence-corrected chi connectivity index (χ3v) is 6.33. The highest BCUT2D eigenvalue weighted by molar-refractivity contribution is 7.89. The Balaban J connectivity index is 2.01. The van der Waals surface area contributed by atoms with E-state index in [1.807, 2.05) is 60.7 Å². The van der Waals surface area contributed by atoms with Crippen LogP contribution in [0.15, 0.2) is 83.8 Å². The number of sulfonamides is 1. The average Bonchev–Trinajstić information content (AvgIpc) is 2.67. The molecule has 0 fully saturated rings. The zero-order chi connectivity index (χ0) is 19.4. The Kier molecular flexibility index (Phi) is 6.19. The fourth-order valence-electron chi connectivity index (χ4n) is 2.80. The van der Waals surface area contributed by atoms with Crippen molar-refractivity contribution in [2.24, 2.45) is 5.73 Å². The molecule has 3 aromatic carbocycles. The summed E-state index contributed by atoms with van der Waals surface area (Å²) in [7, 11) is -3.93. The zero-order valence-corrected chi connectivity index (χ0v) is 16.5. The second kappa shape index (κ2) is 8.42. The monoisotopic (exact) mass is 420 g/mol. The lowest BCUT2D eigenvalue weighted by Crippen LogP contribution is -2.36. The molecule has 0 bridgehead atoms. The Labute approximate surface area is 169 Å². The predicted octanol–water partition coefficient (Wildman–Crippen LogP) is 4.71. The van der Waals surface area contributed by atoms with Gasteiger partial charge in [0, 0.05) is 5.02 Å². The Morgan fingerprint density at radius 2 is 1.37 bits per heavy atom. The summed E-state index contributed by atoms with van der Waals surface area (Å²) in [6, 6.07) is 21.5. The first-order valence-corrected chi connectivity index (χ1v) is 10.5. The summed E-state index contributed by atoms with van der Waals surface area (Å²) < 4.78 is 28.7. The smallest absolute Gasteiger partial charge is 0.242 e. The van der Waals surface area contributed by atoms with Gasteiger partial charge in [-0.3, -0.25) is 0 Å². The third kappa shape index (κ3) is 4.69. The molecule has 0 radical (unpaired) electrons. The van der Waals surface area contributed by atoms with Crippen molar-refractivity contribution in [1.82, 2.24) is 4.72 Å². The molecule has 0 saturated carbocycles. The van der Waals surface area contributed by atoms with Crippen LogP contribution in [-0.2, 0) is 10.0 Å². The number of halogens is 2. The van der Waals surface area contributed by atoms with Gasteiger partial charge < -0.3 is 5.73 Å². The normalized spacial score (nSPS) is 13.9. The van der Waals surface area contributed by atoms with Crippen LogP contribution in [-0.4, -0.2) is 8.42 Å². The maximum atomic E-state index is 13.0. The first-order chi connectivity index (χ1) is 12.9. The number of nitrogens with two attached hydrogens (primary N) is 1. The van der Waals surface area contributed by atoms with Crippen LogP contribution in [0.25, 0.3) is 0 Å². The molecule has 0 aliphatic rings. The van der Waals surface area contributed by atoms with Crippen molar-refractivity contribution in [2.45, 2.75) is 17.0 Å². The van der Waals surface area contributed by atoms with E-state index in [9.17, 15) is 8.42 Å². The minimum absolute atomic E-state index is 0.0465. The summed E-state index contributed by atoms with van der Waals surface area (Å²) in [6.45, 7) is 0. The van der Waals surface area contributed by atoms with Gasteiger partial charge in [-0.1, -0.05) is 83.9 Å². The number of hydrogen-bond acceptors (Lipinski definition) is 3. The number of nitrogens with one attached hydrogen (secondary N) is 1. The standard InChI is InChI=1S/C20H18Cl2N2O2S/c21-16-11-12-18(17(22)13-16)27(25,26)24-20(15-9-5-2-6-10-15)19(23)14-7-3-1-4-8-14/h1-13,19-20,24H,23H2/t19-,20-/m1/s1. The first kappa shape index (κ1) is 19.9. The molecule has 2 atom stereocenters. The Morgan fingerprint density at radius 3 is 1.93 bits per heavy atom. The van der Waals surface area contributed by atoms with Crippen molar-refractivity contribution in [2.75, 3.05) is 0 Å². The lowest BCUT2D eigenvalue weighted by Gasteiger charge is -2.26. The number of rotatable bonds is 6. The van der Waals surface area contributed by atoms with Gasteiger partial charge in [-0.25, -0.2) is 13.1 Å². The minimum Gasteiger partial charge on any atom is -0.322 e. The van der Waals surface area contributed by atoms with Crippen molar-refractivity contribution in [3.05, 3.63) is 100 Å². The lowest BCUT2D eigenvalue weighted by atomic mass is 9.95. The predicted molar refractivity (Wildman–Crippen MR) is 109 cm³/mol. The first-order valence-electron chi connectivity index (χ1n) is 8.21. The highest BCUT2D eigenvalue weighted by Crippen LogP contribution is 2.31. The molecule has 0 saturated heterocycles. The SMILES string of the molecule is N[C@H](c1ccccc1)[C@H](NS(=O)(=O)c1ccc(Cl)cc1Cl)c1ccccc1. The van der Waals surface area contributed by atoms with E-state index < -0.39 is 22.1 Å². The van der Waals surface area contributed by atoms with E-state index in [4.69, 9.17) is 28.9 Å². The van der Waals surface area contributed by atoms with Crippen LogP contribution in [0.2, 0.25) is 10.0 Å². The molecule has 0 aliphatic heterocycles. The van der Waals surface area contributed by atoms with Crippen molar-refractivity contribution in [1.29, 1.82) is 0 Å². The second-order valence-corrected chi connectivity index (χ2v) is 8.55. The number of hydrogen-bond donors (Lipinski definition) is 2. The van der Waals surface area contributed by atoms with E-state index in [2.05, 4.69) is 4.72 Å². The molecular weight excluding hydrogens is 403 g/mol. The van der Waals surface area contributed by atoms with E-state index in [0.717, 1.165) is 11.1 Å². The fourth-order valence-corrected chi connectivity index (χ4v) is 4.82. The molecule has 0 aromatic heterocycles. The maximum absolute atomic E-state index is 13.0. The van der Waals surface area contributed by atoms with Gasteiger partial charge in [0.15, 0.2) is 0 Å². The van der Waals surface area contributed by atoms with Gasteiger partial charge in [-0.05, 0) is 29.3 Å². The van der Waals surface area contributed by atoms with Gasteiger partial charge in [-0.15, -0.1) is 0 Å². The molecule has 0 unspecified atom stereocenters. The topological polar surface area (TPSA) is 72.2 Å². The minimum atomic E-state index is -3.93. The largest absolute Gasteiger partial charge is 0.322 e. The van der Waals surface area contributed by atoms with E-state index in [1.165, 1.54) is 18.2 Å². The van der Waals surface area contributed by atoms with Crippen LogP contribution in [0.3, 0.4) is 0 Å². The molecule has 0 spiro atoms. The second-order valence-electron chi connectivity index (χ2n) is 6.02. The summed E-state index contributed by atoms with van der Waals surface area (Å²) in [4.78, 5) is -0.0465. The maximum Gasteiger partial charge on any atom is 0.242 e. The molecule has 3 N–H and O–H groups in total. The molecule has 0 amide bonds. The van der Waals surface area contributed by atoms with Crippen molar-refractivity contribution in [3.63, 3.8) is 0 Å². The van der Waals surface area contributed by atoms with Gasteiger partial charge in [0.1, 0.15) is 4.90 Å². The molecule has 3 aromatic rings. The van der Waals surface area contributed by atoms with Crippen LogP contribution in [0.4, 0.5) is 0 Å². The summed E-state index contributed by atoms with van der Waals surface area (Å²) in [5.74, 6) is 0. The Morgan fingerprint density at radius 1 is 0.815 bits per heavy atom. The lowest BCUT2D eigenvalue weighted by molar-refractivity contribution is 0.504. The van der Waals surface area contributed by atoms with Crippen molar-refractivity contribution in [3.8, 4) is 0 Å². The molecule has 4 nitrogen and oxygen atoms in total. The Hall–Kier alpha value is -1.89. The highest BCUT2D eigenvalue weighted by atomic mass is 35.5. The number of benzene rings is 3. The van der Waals surface area contributed by atoms with Crippen LogP contribution in [0.1, 0.15) is 23.2 Å². The fraction of sp³-hybridized carbons (Fsp3) is 0.100. The molecule has 3 rings (SSSR count). The summed E-state index contributed by atoms with van der Waals surface area (Å²) in [6.07, 6.45) is 0. The zero-order valence-electron chi connectivity index (χ0n) is 14.2. The van der Waals surface area contributed by atoms with Gasteiger partial charge in [-0.2, -0.15) is 0 Å². The van der Waals surface area contributed by atoms with E-state index in [1.54, 1.807) is 0 Å². The molecule has 140 valence electrons. The van der Waals surface area contributed by atoms with Gasteiger partial charge in [0.05, 0.1) is 17.1 Å². The third-order valence-electron chi connectivity index (χ3n) is 4.17. The molecule has 7 heteroatoms. The van der Waals surface area contributed by atoms with Crippen LogP contribution in [0, 0.1) is 0 Å².